The zero-order valence-corrected chi connectivity index (χ0v) is 23.4. The smallest absolute Gasteiger partial charge is 0.223 e. The van der Waals surface area contributed by atoms with Gasteiger partial charge in [-0.1, -0.05) is 78.9 Å². The first-order chi connectivity index (χ1) is 18.4. The highest BCUT2D eigenvalue weighted by Gasteiger charge is 2.39. The molecule has 2 heterocycles. The number of carbonyl (C=O) groups is 1. The summed E-state index contributed by atoms with van der Waals surface area (Å²) < 4.78 is 0. The average Bonchev–Trinajstić information content (AvgIpc) is 2.95. The summed E-state index contributed by atoms with van der Waals surface area (Å²) in [4.78, 5) is 21.1. The molecule has 0 spiro atoms. The van der Waals surface area contributed by atoms with E-state index in [4.69, 9.17) is 0 Å². The summed E-state index contributed by atoms with van der Waals surface area (Å²) in [5.41, 5.74) is 6.58. The predicted molar refractivity (Wildman–Crippen MR) is 157 cm³/mol. The Morgan fingerprint density at radius 3 is 1.82 bits per heavy atom. The first-order valence-electron chi connectivity index (χ1n) is 14.3. The van der Waals surface area contributed by atoms with Crippen LogP contribution < -0.4 is 0 Å². The molecule has 1 amide bonds. The van der Waals surface area contributed by atoms with E-state index in [-0.39, 0.29) is 17.2 Å². The summed E-state index contributed by atoms with van der Waals surface area (Å²) in [5.74, 6) is 0.360. The Bertz CT molecular complexity index is 1160. The molecule has 2 fully saturated rings. The van der Waals surface area contributed by atoms with Gasteiger partial charge in [0.05, 0.1) is 0 Å². The number of likely N-dealkylation sites (N-methyl/N-ethyl adjacent to an activating group) is 1. The molecule has 0 bridgehead atoms. The van der Waals surface area contributed by atoms with E-state index < -0.39 is 0 Å². The summed E-state index contributed by atoms with van der Waals surface area (Å²) in [6.07, 6.45) is 2.56. The first kappa shape index (κ1) is 26.6. The van der Waals surface area contributed by atoms with Crippen molar-refractivity contribution >= 4 is 5.91 Å². The summed E-state index contributed by atoms with van der Waals surface area (Å²) in [6, 6.07) is 28.2. The van der Waals surface area contributed by atoms with Gasteiger partial charge >= 0.3 is 0 Å². The van der Waals surface area contributed by atoms with E-state index in [0.29, 0.717) is 6.42 Å². The molecule has 2 aliphatic rings. The lowest BCUT2D eigenvalue weighted by atomic mass is 9.72. The molecule has 4 heteroatoms. The zero-order chi connectivity index (χ0) is 26.5. The molecule has 0 radical (unpaired) electrons. The van der Waals surface area contributed by atoms with E-state index in [1.54, 1.807) is 0 Å². The molecule has 5 rings (SSSR count). The fraction of sp³-hybridized carbons (Fsp3) is 0.441. The summed E-state index contributed by atoms with van der Waals surface area (Å²) in [6.45, 7) is 11.6. The average molecular weight is 510 g/mol. The maximum Gasteiger partial charge on any atom is 0.223 e. The number of amides is 1. The van der Waals surface area contributed by atoms with E-state index in [1.807, 2.05) is 0 Å². The summed E-state index contributed by atoms with van der Waals surface area (Å²) >= 11 is 0. The Labute approximate surface area is 229 Å². The van der Waals surface area contributed by atoms with Crippen molar-refractivity contribution in [2.75, 3.05) is 52.9 Å². The Morgan fingerprint density at radius 2 is 1.26 bits per heavy atom. The highest BCUT2D eigenvalue weighted by Crippen LogP contribution is 2.38. The number of nitrogens with zero attached hydrogens (tertiary/aromatic N) is 3. The second-order valence-electron chi connectivity index (χ2n) is 11.6. The minimum Gasteiger partial charge on any atom is -0.343 e. The number of carbonyl (C=O) groups excluding carboxylic acids is 1. The van der Waals surface area contributed by atoms with Crippen molar-refractivity contribution in [2.45, 2.75) is 44.4 Å². The van der Waals surface area contributed by atoms with E-state index in [9.17, 15) is 4.79 Å². The lowest BCUT2D eigenvalue weighted by Crippen LogP contribution is -2.54. The Kier molecular flexibility index (Phi) is 8.30. The molecule has 0 N–H and O–H groups in total. The van der Waals surface area contributed by atoms with Crippen LogP contribution in [0, 0.1) is 13.8 Å². The maximum absolute atomic E-state index is 13.9. The number of hydrogen-bond donors (Lipinski definition) is 0. The van der Waals surface area contributed by atoms with Gasteiger partial charge in [0.1, 0.15) is 0 Å². The highest BCUT2D eigenvalue weighted by atomic mass is 16.2. The Hall–Kier alpha value is -2.95. The van der Waals surface area contributed by atoms with E-state index in [1.165, 1.54) is 27.8 Å². The van der Waals surface area contributed by atoms with Gasteiger partial charge in [0.25, 0.3) is 0 Å². The summed E-state index contributed by atoms with van der Waals surface area (Å²) in [7, 11) is 2.22. The molecule has 0 aromatic heterocycles. The normalized spacial score (nSPS) is 18.6. The molecule has 3 aromatic rings. The largest absolute Gasteiger partial charge is 0.343 e. The zero-order valence-electron chi connectivity index (χ0n) is 23.4. The van der Waals surface area contributed by atoms with Crippen molar-refractivity contribution in [1.29, 1.82) is 0 Å². The van der Waals surface area contributed by atoms with Crippen molar-refractivity contribution in [3.8, 4) is 0 Å². The number of rotatable bonds is 7. The van der Waals surface area contributed by atoms with Crippen molar-refractivity contribution in [2.24, 2.45) is 0 Å². The second-order valence-corrected chi connectivity index (χ2v) is 11.6. The molecule has 2 saturated heterocycles. The van der Waals surface area contributed by atoms with Gasteiger partial charge in [0.15, 0.2) is 0 Å². The fourth-order valence-corrected chi connectivity index (χ4v) is 6.59. The topological polar surface area (TPSA) is 26.8 Å². The van der Waals surface area contributed by atoms with Crippen molar-refractivity contribution in [1.82, 2.24) is 14.7 Å². The van der Waals surface area contributed by atoms with Crippen molar-refractivity contribution in [3.63, 3.8) is 0 Å². The van der Waals surface area contributed by atoms with Crippen LogP contribution in [0.5, 0.6) is 0 Å². The van der Waals surface area contributed by atoms with Gasteiger partial charge in [0, 0.05) is 63.6 Å². The number of benzene rings is 3. The monoisotopic (exact) mass is 509 g/mol. The molecular weight excluding hydrogens is 466 g/mol. The number of hydrogen-bond acceptors (Lipinski definition) is 3. The van der Waals surface area contributed by atoms with Crippen LogP contribution in [0.25, 0.3) is 0 Å². The molecule has 200 valence electrons. The van der Waals surface area contributed by atoms with Crippen LogP contribution in [0.2, 0.25) is 0 Å². The van der Waals surface area contributed by atoms with Gasteiger partial charge in [0.2, 0.25) is 5.91 Å². The first-order valence-corrected chi connectivity index (χ1v) is 14.3. The van der Waals surface area contributed by atoms with Crippen LogP contribution >= 0.6 is 0 Å². The number of aryl methyl sites for hydroxylation is 2. The van der Waals surface area contributed by atoms with Gasteiger partial charge in [-0.05, 0) is 61.6 Å². The molecule has 3 aromatic carbocycles. The van der Waals surface area contributed by atoms with E-state index in [0.717, 1.165) is 58.7 Å². The van der Waals surface area contributed by atoms with Gasteiger partial charge in [-0.3, -0.25) is 9.69 Å². The Balaban J connectivity index is 1.33. The van der Waals surface area contributed by atoms with E-state index >= 15 is 0 Å². The van der Waals surface area contributed by atoms with Gasteiger partial charge in [-0.15, -0.1) is 0 Å². The molecule has 4 nitrogen and oxygen atoms in total. The van der Waals surface area contributed by atoms with Crippen LogP contribution in [-0.2, 0) is 10.2 Å². The minimum atomic E-state index is 0.0797. The minimum absolute atomic E-state index is 0.0797. The van der Waals surface area contributed by atoms with Gasteiger partial charge < -0.3 is 9.80 Å². The van der Waals surface area contributed by atoms with Crippen LogP contribution in [-0.4, -0.2) is 73.5 Å². The third-order valence-electron chi connectivity index (χ3n) is 9.09. The molecular formula is C34H43N3O. The van der Waals surface area contributed by atoms with Crippen LogP contribution in [0.1, 0.15) is 53.0 Å². The lowest BCUT2D eigenvalue weighted by molar-refractivity contribution is -0.133. The molecule has 0 aliphatic carbocycles. The second kappa shape index (κ2) is 11.8. The van der Waals surface area contributed by atoms with E-state index in [2.05, 4.69) is 114 Å². The summed E-state index contributed by atoms with van der Waals surface area (Å²) in [5, 5.41) is 0. The quantitative estimate of drug-likeness (QED) is 0.413. The molecule has 0 unspecified atom stereocenters. The Morgan fingerprint density at radius 1 is 0.737 bits per heavy atom. The number of piperazine rings is 1. The molecule has 2 aliphatic heterocycles. The van der Waals surface area contributed by atoms with Crippen molar-refractivity contribution < 1.29 is 4.79 Å². The number of likely N-dealkylation sites (tertiary alicyclic amines) is 1. The fourth-order valence-electron chi connectivity index (χ4n) is 6.59. The molecule has 38 heavy (non-hydrogen) atoms. The van der Waals surface area contributed by atoms with Gasteiger partial charge in [-0.25, -0.2) is 0 Å². The lowest BCUT2D eigenvalue weighted by Gasteiger charge is -2.46. The SMILES string of the molecule is Cc1ccccc1C(CC(=O)N1CCC(CN2CCN(C)CC2)(c2ccccc2)CC1)c1ccccc1C. The van der Waals surface area contributed by atoms with Crippen molar-refractivity contribution in [3.05, 3.63) is 107 Å². The van der Waals surface area contributed by atoms with Crippen LogP contribution in [0.15, 0.2) is 78.9 Å². The van der Waals surface area contributed by atoms with Gasteiger partial charge in [-0.2, -0.15) is 0 Å². The predicted octanol–water partition coefficient (Wildman–Crippen LogP) is 5.63. The number of piperidine rings is 1. The van der Waals surface area contributed by atoms with Crippen LogP contribution in [0.3, 0.4) is 0 Å². The third-order valence-corrected chi connectivity index (χ3v) is 9.09. The standard InChI is InChI=1S/C34H43N3O/c1-27-11-7-9-15-30(27)32(31-16-10-8-12-28(31)2)25-33(38)37-19-17-34(18-20-37,29-13-5-4-6-14-29)26-36-23-21-35(3)22-24-36/h4-16,32H,17-26H2,1-3H3. The van der Waals surface area contributed by atoms with Crippen LogP contribution in [0.4, 0.5) is 0 Å². The highest BCUT2D eigenvalue weighted by molar-refractivity contribution is 5.78. The molecule has 0 saturated carbocycles. The maximum atomic E-state index is 13.9. The molecule has 0 atom stereocenters. The third kappa shape index (κ3) is 5.87.